The number of likely N-dealkylation sites (N-methyl/N-ethyl adjacent to an activating group) is 1. The molecule has 1 N–H and O–H groups in total. The summed E-state index contributed by atoms with van der Waals surface area (Å²) in [6.07, 6.45) is 1.29. The van der Waals surface area contributed by atoms with E-state index in [1.54, 1.807) is 0 Å². The van der Waals surface area contributed by atoms with Crippen LogP contribution in [0.1, 0.15) is 28.2 Å². The second kappa shape index (κ2) is 11.2. The highest BCUT2D eigenvalue weighted by Gasteiger charge is 2.18. The highest BCUT2D eigenvalue weighted by atomic mass is 35.5. The van der Waals surface area contributed by atoms with E-state index in [9.17, 15) is 4.79 Å². The summed E-state index contributed by atoms with van der Waals surface area (Å²) < 4.78 is 6.18. The van der Waals surface area contributed by atoms with Gasteiger partial charge in [-0.15, -0.1) is 23.5 Å². The summed E-state index contributed by atoms with van der Waals surface area (Å²) in [6.45, 7) is 0.461. The Labute approximate surface area is 186 Å². The number of ether oxygens (including phenoxy) is 1. The summed E-state index contributed by atoms with van der Waals surface area (Å²) >= 11 is 10.3. The van der Waals surface area contributed by atoms with Gasteiger partial charge in [-0.2, -0.15) is 0 Å². The molecule has 1 heterocycles. The highest BCUT2D eigenvalue weighted by Crippen LogP contribution is 2.43. The number of thioether (sulfide) groups is 2. The Morgan fingerprint density at radius 1 is 1.17 bits per heavy atom. The van der Waals surface area contributed by atoms with E-state index < -0.39 is 0 Å². The number of carbonyl (C=O) groups excluding carboxylic acids is 1. The maximum absolute atomic E-state index is 12.3. The van der Waals surface area contributed by atoms with E-state index in [0.29, 0.717) is 21.9 Å². The molecule has 1 fully saturated rings. The van der Waals surface area contributed by atoms with E-state index in [-0.39, 0.29) is 18.6 Å². The normalized spacial score (nSPS) is 15.9. The second-order valence-electron chi connectivity index (χ2n) is 7.09. The fourth-order valence-corrected chi connectivity index (χ4v) is 6.28. The molecule has 29 heavy (non-hydrogen) atoms. The molecule has 3 rings (SSSR count). The molecule has 0 aromatic heterocycles. The number of nitrogens with zero attached hydrogens (tertiary/aromatic N) is 1. The average molecular weight is 451 g/mol. The lowest BCUT2D eigenvalue weighted by Gasteiger charge is -2.26. The monoisotopic (exact) mass is 450 g/mol. The first-order chi connectivity index (χ1) is 14.0. The minimum atomic E-state index is -0.147. The molecule has 0 spiro atoms. The molecule has 2 aromatic carbocycles. The molecule has 1 amide bonds. The number of nitrogens with one attached hydrogen (secondary N) is 1. The average Bonchev–Trinajstić information content (AvgIpc) is 2.74. The van der Waals surface area contributed by atoms with E-state index in [0.717, 1.165) is 5.56 Å². The Kier molecular flexibility index (Phi) is 8.60. The fraction of sp³-hybridized carbons (Fsp3) is 0.409. The van der Waals surface area contributed by atoms with Crippen molar-refractivity contribution in [3.05, 3.63) is 64.7 Å². The zero-order valence-corrected chi connectivity index (χ0v) is 19.2. The summed E-state index contributed by atoms with van der Waals surface area (Å²) in [5, 5.41) is 3.65. The van der Waals surface area contributed by atoms with Gasteiger partial charge in [-0.3, -0.25) is 4.79 Å². The summed E-state index contributed by atoms with van der Waals surface area (Å²) in [5.74, 6) is 3.01. The lowest BCUT2D eigenvalue weighted by atomic mass is 10.1. The van der Waals surface area contributed by atoms with Crippen LogP contribution in [-0.2, 0) is 4.79 Å². The van der Waals surface area contributed by atoms with Gasteiger partial charge in [0.2, 0.25) is 0 Å². The third-order valence-electron chi connectivity index (χ3n) is 4.73. The van der Waals surface area contributed by atoms with Gasteiger partial charge in [0.25, 0.3) is 5.91 Å². The van der Waals surface area contributed by atoms with E-state index in [1.165, 1.54) is 23.5 Å². The molecule has 0 aliphatic carbocycles. The van der Waals surface area contributed by atoms with Crippen molar-refractivity contribution in [2.75, 3.05) is 38.8 Å². The minimum Gasteiger partial charge on any atom is -0.484 e. The predicted octanol–water partition coefficient (Wildman–Crippen LogP) is 5.01. The van der Waals surface area contributed by atoms with Crippen molar-refractivity contribution >= 4 is 41.0 Å². The lowest BCUT2D eigenvalue weighted by Crippen LogP contribution is -2.37. The van der Waals surface area contributed by atoms with Crippen molar-refractivity contribution in [1.29, 1.82) is 0 Å². The maximum atomic E-state index is 12.3. The molecule has 2 aromatic rings. The Balaban J connectivity index is 1.48. The summed E-state index contributed by atoms with van der Waals surface area (Å²) in [6, 6.07) is 15.8. The molecular weight excluding hydrogens is 424 g/mol. The number of carbonyl (C=O) groups is 1. The fourth-order valence-electron chi connectivity index (χ4n) is 3.13. The first kappa shape index (κ1) is 22.3. The molecule has 1 atom stereocenters. The van der Waals surface area contributed by atoms with E-state index in [1.807, 2.05) is 78.9 Å². The molecule has 0 bridgehead atoms. The third-order valence-corrected chi connectivity index (χ3v) is 8.09. The summed E-state index contributed by atoms with van der Waals surface area (Å²) in [7, 11) is 3.95. The van der Waals surface area contributed by atoms with Gasteiger partial charge >= 0.3 is 0 Å². The molecule has 1 saturated heterocycles. The van der Waals surface area contributed by atoms with Crippen molar-refractivity contribution in [2.24, 2.45) is 0 Å². The lowest BCUT2D eigenvalue weighted by molar-refractivity contribution is -0.123. The molecule has 156 valence electrons. The largest absolute Gasteiger partial charge is 0.484 e. The van der Waals surface area contributed by atoms with Gasteiger partial charge in [-0.25, -0.2) is 0 Å². The van der Waals surface area contributed by atoms with Crippen LogP contribution in [0.3, 0.4) is 0 Å². The van der Waals surface area contributed by atoms with Crippen LogP contribution >= 0.6 is 35.1 Å². The number of hydrogen-bond acceptors (Lipinski definition) is 5. The van der Waals surface area contributed by atoms with Gasteiger partial charge in [-0.1, -0.05) is 41.9 Å². The first-order valence-electron chi connectivity index (χ1n) is 9.68. The minimum absolute atomic E-state index is 0.00238. The Morgan fingerprint density at radius 3 is 2.52 bits per heavy atom. The molecule has 7 heteroatoms. The Hall–Kier alpha value is -1.34. The summed E-state index contributed by atoms with van der Waals surface area (Å²) in [5.41, 5.74) is 2.31. The van der Waals surface area contributed by atoms with Crippen LogP contribution in [-0.4, -0.2) is 49.6 Å². The number of amides is 1. The molecule has 0 saturated carbocycles. The number of rotatable bonds is 8. The summed E-state index contributed by atoms with van der Waals surface area (Å²) in [4.78, 5) is 14.3. The Morgan fingerprint density at radius 2 is 1.86 bits per heavy atom. The topological polar surface area (TPSA) is 41.6 Å². The number of halogens is 1. The first-order valence-corrected chi connectivity index (χ1v) is 12.2. The van der Waals surface area contributed by atoms with Crippen molar-refractivity contribution in [3.8, 4) is 5.75 Å². The van der Waals surface area contributed by atoms with Gasteiger partial charge in [0.05, 0.1) is 10.6 Å². The predicted molar refractivity (Wildman–Crippen MR) is 125 cm³/mol. The zero-order valence-electron chi connectivity index (χ0n) is 16.8. The molecule has 1 aliphatic rings. The zero-order chi connectivity index (χ0) is 20.6. The van der Waals surface area contributed by atoms with Crippen molar-refractivity contribution in [3.63, 3.8) is 0 Å². The number of hydrogen-bond donors (Lipinski definition) is 1. The van der Waals surface area contributed by atoms with Crippen LogP contribution in [0.5, 0.6) is 5.75 Å². The van der Waals surface area contributed by atoms with E-state index in [2.05, 4.69) is 17.4 Å². The molecule has 0 unspecified atom stereocenters. The van der Waals surface area contributed by atoms with Crippen LogP contribution in [0.25, 0.3) is 0 Å². The van der Waals surface area contributed by atoms with E-state index >= 15 is 0 Å². The highest BCUT2D eigenvalue weighted by molar-refractivity contribution is 8.16. The van der Waals surface area contributed by atoms with Gasteiger partial charge in [0.1, 0.15) is 5.75 Å². The number of benzene rings is 2. The maximum Gasteiger partial charge on any atom is 0.258 e. The quantitative estimate of drug-likeness (QED) is 0.612. The van der Waals surface area contributed by atoms with Crippen LogP contribution in [0.4, 0.5) is 0 Å². The second-order valence-corrected chi connectivity index (χ2v) is 10.2. The van der Waals surface area contributed by atoms with Crippen LogP contribution < -0.4 is 10.1 Å². The molecule has 0 radical (unpaired) electrons. The Bertz CT molecular complexity index is 796. The standard InChI is InChI=1S/C22H27ClN2O2S2/c1-25(2)20(18-6-3-4-7-19(18)23)14-24-21(26)15-27-17-10-8-16(9-11-17)22-28-12-5-13-29-22/h3-4,6-11,20,22H,5,12-15H2,1-2H3,(H,24,26)/t20-/m0/s1. The van der Waals surface area contributed by atoms with Gasteiger partial charge in [-0.05, 0) is 61.3 Å². The van der Waals surface area contributed by atoms with E-state index in [4.69, 9.17) is 16.3 Å². The van der Waals surface area contributed by atoms with Crippen molar-refractivity contribution < 1.29 is 9.53 Å². The van der Waals surface area contributed by atoms with Crippen molar-refractivity contribution in [2.45, 2.75) is 17.0 Å². The van der Waals surface area contributed by atoms with Crippen LogP contribution in [0.2, 0.25) is 5.02 Å². The van der Waals surface area contributed by atoms with Gasteiger partial charge in [0, 0.05) is 11.6 Å². The molecular formula is C22H27ClN2O2S2. The SMILES string of the molecule is CN(C)[C@@H](CNC(=O)COc1ccc(C2SCCCS2)cc1)c1ccccc1Cl. The van der Waals surface area contributed by atoms with Crippen molar-refractivity contribution in [1.82, 2.24) is 10.2 Å². The van der Waals surface area contributed by atoms with Gasteiger partial charge < -0.3 is 15.0 Å². The van der Waals surface area contributed by atoms with Gasteiger partial charge in [0.15, 0.2) is 6.61 Å². The van der Waals surface area contributed by atoms with Crippen LogP contribution in [0.15, 0.2) is 48.5 Å². The van der Waals surface area contributed by atoms with Crippen LogP contribution in [0, 0.1) is 0 Å². The molecule has 1 aliphatic heterocycles. The molecule has 4 nitrogen and oxygen atoms in total. The third kappa shape index (κ3) is 6.57. The smallest absolute Gasteiger partial charge is 0.258 e.